The van der Waals surface area contributed by atoms with Gasteiger partial charge in [-0.05, 0) is 67.1 Å². The van der Waals surface area contributed by atoms with Crippen LogP contribution in [0.25, 0.3) is 6.08 Å². The second-order valence-corrected chi connectivity index (χ2v) is 19.4. The van der Waals surface area contributed by atoms with Crippen molar-refractivity contribution in [3.05, 3.63) is 53.6 Å². The number of hydrogen-bond donors (Lipinski definition) is 3. The highest BCUT2D eigenvalue weighted by Gasteiger charge is 2.62. The molecule has 1 spiro atoms. The van der Waals surface area contributed by atoms with Crippen molar-refractivity contribution >= 4 is 46.0 Å². The Labute approximate surface area is 322 Å². The minimum atomic E-state index is -3.91. The van der Waals surface area contributed by atoms with E-state index in [1.165, 1.54) is 11.0 Å². The molecule has 3 saturated carbocycles. The maximum Gasteiger partial charge on any atom is 0.410 e. The lowest BCUT2D eigenvalue weighted by Gasteiger charge is -2.36. The summed E-state index contributed by atoms with van der Waals surface area (Å²) < 4.78 is 39.4. The van der Waals surface area contributed by atoms with Crippen LogP contribution in [0, 0.1) is 16.7 Å². The van der Waals surface area contributed by atoms with Crippen LogP contribution in [-0.4, -0.2) is 90.3 Å². The van der Waals surface area contributed by atoms with E-state index >= 15 is 0 Å². The fourth-order valence-corrected chi connectivity index (χ4v) is 10.1. The first-order valence-electron chi connectivity index (χ1n) is 19.5. The van der Waals surface area contributed by atoms with Gasteiger partial charge in [-0.3, -0.25) is 24.0 Å². The predicted molar refractivity (Wildman–Crippen MR) is 202 cm³/mol. The van der Waals surface area contributed by atoms with E-state index < -0.39 is 80.2 Å². The van der Waals surface area contributed by atoms with Crippen molar-refractivity contribution in [1.82, 2.24) is 25.2 Å². The summed E-state index contributed by atoms with van der Waals surface area (Å²) in [5, 5.41) is 4.91. The highest BCUT2D eigenvalue weighted by molar-refractivity contribution is 7.91. The van der Waals surface area contributed by atoms with Crippen molar-refractivity contribution in [3.63, 3.8) is 0 Å². The highest BCUT2D eigenvalue weighted by Crippen LogP contribution is 2.46. The Morgan fingerprint density at radius 3 is 2.49 bits per heavy atom. The number of carbonyl (C=O) groups is 5. The summed E-state index contributed by atoms with van der Waals surface area (Å²) in [4.78, 5) is 72.5. The Hall–Kier alpha value is -4.40. The van der Waals surface area contributed by atoms with Crippen LogP contribution in [0.4, 0.5) is 9.59 Å². The molecule has 0 unspecified atom stereocenters. The van der Waals surface area contributed by atoms with E-state index in [4.69, 9.17) is 9.47 Å². The number of carbonyl (C=O) groups excluding carboxylic acids is 5. The van der Waals surface area contributed by atoms with Crippen molar-refractivity contribution in [2.75, 3.05) is 13.2 Å². The van der Waals surface area contributed by atoms with Crippen molar-refractivity contribution in [2.24, 2.45) is 16.7 Å². The number of amides is 5. The van der Waals surface area contributed by atoms with Crippen LogP contribution in [-0.2, 0) is 47.0 Å². The molecule has 1 saturated heterocycles. The first-order chi connectivity index (χ1) is 26.0. The number of allylic oxidation sites excluding steroid dienone is 1. The van der Waals surface area contributed by atoms with Crippen LogP contribution < -0.4 is 15.4 Å². The molecule has 5 atom stereocenters. The van der Waals surface area contributed by atoms with Gasteiger partial charge < -0.3 is 25.0 Å². The van der Waals surface area contributed by atoms with Gasteiger partial charge in [-0.25, -0.2) is 18.0 Å². The molecule has 14 nitrogen and oxygen atoms in total. The van der Waals surface area contributed by atoms with Crippen LogP contribution in [0.1, 0.15) is 102 Å². The maximum absolute atomic E-state index is 14.6. The van der Waals surface area contributed by atoms with Crippen LogP contribution in [0.5, 0.6) is 0 Å². The quantitative estimate of drug-likeness (QED) is 0.355. The molecule has 3 N–H and O–H groups in total. The highest BCUT2D eigenvalue weighted by atomic mass is 32.2. The van der Waals surface area contributed by atoms with Gasteiger partial charge in [0, 0.05) is 24.3 Å². The van der Waals surface area contributed by atoms with Crippen molar-refractivity contribution < 1.29 is 41.9 Å². The van der Waals surface area contributed by atoms with Gasteiger partial charge in [0.25, 0.3) is 5.91 Å². The fraction of sp³-hybridized carbons (Fsp3) is 0.625. The van der Waals surface area contributed by atoms with Crippen molar-refractivity contribution in [1.29, 1.82) is 0 Å². The van der Waals surface area contributed by atoms with Gasteiger partial charge >= 0.3 is 12.2 Å². The molecular formula is C40H53N5O9S. The summed E-state index contributed by atoms with van der Waals surface area (Å²) in [6, 6.07) is 3.63. The number of benzene rings is 1. The number of nitrogens with zero attached hydrogens (tertiary/aromatic N) is 2. The minimum Gasteiger partial charge on any atom is -0.449 e. The molecule has 4 fully saturated rings. The summed E-state index contributed by atoms with van der Waals surface area (Å²) >= 11 is 0. The lowest BCUT2D eigenvalue weighted by molar-refractivity contribution is -0.143. The third-order valence-electron chi connectivity index (χ3n) is 12.3. The lowest BCUT2D eigenvalue weighted by Crippen LogP contribution is -2.60. The van der Waals surface area contributed by atoms with Crippen molar-refractivity contribution in [3.8, 4) is 0 Å². The molecule has 4 bridgehead atoms. The molecule has 3 heterocycles. The number of rotatable bonds is 6. The number of cyclic esters (lactones) is 1. The van der Waals surface area contributed by atoms with Gasteiger partial charge in [-0.2, -0.15) is 0 Å². The molecule has 5 amide bonds. The largest absolute Gasteiger partial charge is 0.449 e. The summed E-state index contributed by atoms with van der Waals surface area (Å²) in [6.45, 7) is 9.89. The van der Waals surface area contributed by atoms with E-state index in [0.29, 0.717) is 25.9 Å². The zero-order chi connectivity index (χ0) is 39.3. The summed E-state index contributed by atoms with van der Waals surface area (Å²) in [6.07, 6.45) is 9.99. The first-order valence-corrected chi connectivity index (χ1v) is 21.1. The second-order valence-electron chi connectivity index (χ2n) is 17.4. The van der Waals surface area contributed by atoms with Crippen LogP contribution in [0.2, 0.25) is 0 Å². The van der Waals surface area contributed by atoms with Gasteiger partial charge in [0.15, 0.2) is 0 Å². The Balaban J connectivity index is 1.17. The number of hydrogen-bond acceptors (Lipinski definition) is 9. The Morgan fingerprint density at radius 2 is 1.82 bits per heavy atom. The molecule has 0 radical (unpaired) electrons. The minimum absolute atomic E-state index is 0.0846. The van der Waals surface area contributed by atoms with Crippen LogP contribution >= 0.6 is 0 Å². The van der Waals surface area contributed by atoms with Gasteiger partial charge in [0.1, 0.15) is 23.7 Å². The Morgan fingerprint density at radius 1 is 1.07 bits per heavy atom. The predicted octanol–water partition coefficient (Wildman–Crippen LogP) is 4.29. The summed E-state index contributed by atoms with van der Waals surface area (Å²) in [7, 11) is -3.91. The second kappa shape index (κ2) is 14.6. The molecular weight excluding hydrogens is 727 g/mol. The fourth-order valence-electron chi connectivity index (χ4n) is 8.73. The van der Waals surface area contributed by atoms with Gasteiger partial charge in [0.05, 0.1) is 24.9 Å². The van der Waals surface area contributed by atoms with E-state index in [1.807, 2.05) is 18.2 Å². The number of ether oxygens (including phenoxy) is 2. The molecule has 1 aromatic rings. The SMILES string of the molecule is C=C[C@@H]1C[C@]1(NC(=O)[C@@H]1C[C@@H]2CN1C(=O)[C@H](C(C)(C)C)NC(=O)OCC1(CC/C=C/c3cccc4c3CN(C4)C(=O)O2)CCCC1)C(=O)NS(=O)(=O)C1CC1. The normalized spacial score (nSPS) is 30.2. The van der Waals surface area contributed by atoms with E-state index in [0.717, 1.165) is 55.2 Å². The van der Waals surface area contributed by atoms with Crippen LogP contribution in [0.15, 0.2) is 36.9 Å². The number of fused-ring (bicyclic) bond motifs is 3. The van der Waals surface area contributed by atoms with Gasteiger partial charge in [-0.15, -0.1) is 6.58 Å². The summed E-state index contributed by atoms with van der Waals surface area (Å²) in [5.41, 5.74) is 0.464. The lowest BCUT2D eigenvalue weighted by atomic mass is 9.82. The number of alkyl carbamates (subject to hydrolysis) is 1. The molecule has 55 heavy (non-hydrogen) atoms. The van der Waals surface area contributed by atoms with Gasteiger partial charge in [0.2, 0.25) is 21.8 Å². The number of nitrogens with one attached hydrogen (secondary N) is 3. The molecule has 3 aliphatic heterocycles. The molecule has 7 rings (SSSR count). The average Bonchev–Trinajstić information content (AvgIpc) is 3.94. The van der Waals surface area contributed by atoms with E-state index in [-0.39, 0.29) is 31.4 Å². The number of sulfonamides is 1. The average molecular weight is 780 g/mol. The topological polar surface area (TPSA) is 181 Å². The first kappa shape index (κ1) is 38.9. The monoisotopic (exact) mass is 779 g/mol. The molecule has 6 aliphatic rings. The summed E-state index contributed by atoms with van der Waals surface area (Å²) in [5.74, 6) is -2.70. The third kappa shape index (κ3) is 7.99. The van der Waals surface area contributed by atoms with Crippen molar-refractivity contribution in [2.45, 2.75) is 127 Å². The smallest absolute Gasteiger partial charge is 0.410 e. The molecule has 15 heteroatoms. The van der Waals surface area contributed by atoms with Crippen LogP contribution in [0.3, 0.4) is 0 Å². The molecule has 1 aromatic carbocycles. The zero-order valence-corrected chi connectivity index (χ0v) is 32.8. The van der Waals surface area contributed by atoms with E-state index in [2.05, 4.69) is 34.1 Å². The Bertz CT molecular complexity index is 1900. The van der Waals surface area contributed by atoms with E-state index in [1.54, 1.807) is 25.7 Å². The standard InChI is InChI=1S/C40H53N5O9S/c1-5-27-20-40(27,35(48)43-55(51,52)29-14-15-29)42-33(46)31-19-28-22-45(31)34(47)32(38(2,3)4)41-36(49)53-24-39(17-8-9-18-39)16-7-6-11-25-12-10-13-26-21-44(23-30(25)26)37(50)54-28/h5-6,10-13,27-29,31-32H,1,7-9,14-24H2,2-4H3,(H,41,49)(H,42,46)(H,43,48)/b11-6+/t27-,28-,31+,32-,40-/m1/s1. The van der Waals surface area contributed by atoms with Gasteiger partial charge in [-0.1, -0.05) is 70.0 Å². The zero-order valence-electron chi connectivity index (χ0n) is 31.9. The van der Waals surface area contributed by atoms with E-state index in [9.17, 15) is 32.4 Å². The molecule has 0 aromatic heterocycles. The molecule has 298 valence electrons. The molecule has 3 aliphatic carbocycles. The maximum atomic E-state index is 14.6. The third-order valence-corrected chi connectivity index (χ3v) is 14.1. The Kier molecular flexibility index (Phi) is 10.3.